The summed E-state index contributed by atoms with van der Waals surface area (Å²) in [5, 5.41) is 13.6. The molecule has 1 atom stereocenters. The van der Waals surface area contributed by atoms with Gasteiger partial charge in [-0.05, 0) is 30.5 Å². The predicted octanol–water partition coefficient (Wildman–Crippen LogP) is 2.96. The number of nitro benzene ring substituents is 1. The summed E-state index contributed by atoms with van der Waals surface area (Å²) in [4.78, 5) is 34.0. The topological polar surface area (TPSA) is 108 Å². The second-order valence-corrected chi connectivity index (χ2v) is 6.06. The van der Waals surface area contributed by atoms with Crippen molar-refractivity contribution in [3.05, 3.63) is 69.8 Å². The summed E-state index contributed by atoms with van der Waals surface area (Å²) in [5.41, 5.74) is 1.89. The van der Waals surface area contributed by atoms with Crippen LogP contribution in [0.15, 0.2) is 48.5 Å². The molecule has 28 heavy (non-hydrogen) atoms. The average Bonchev–Trinajstić information content (AvgIpc) is 2.70. The van der Waals surface area contributed by atoms with Crippen molar-refractivity contribution >= 4 is 17.6 Å². The van der Waals surface area contributed by atoms with Crippen LogP contribution in [-0.2, 0) is 20.7 Å². The number of rotatable bonds is 9. The molecule has 0 aliphatic heterocycles. The van der Waals surface area contributed by atoms with E-state index in [1.807, 2.05) is 31.2 Å². The molecule has 0 radical (unpaired) electrons. The Morgan fingerprint density at radius 3 is 2.43 bits per heavy atom. The van der Waals surface area contributed by atoms with Crippen LogP contribution in [0.5, 0.6) is 5.75 Å². The van der Waals surface area contributed by atoms with Crippen molar-refractivity contribution in [1.29, 1.82) is 0 Å². The van der Waals surface area contributed by atoms with Gasteiger partial charge >= 0.3 is 11.7 Å². The Morgan fingerprint density at radius 1 is 1.11 bits per heavy atom. The Hall–Kier alpha value is -3.42. The maximum Gasteiger partial charge on any atom is 0.344 e. The van der Waals surface area contributed by atoms with Gasteiger partial charge in [0.05, 0.1) is 11.0 Å². The molecule has 0 heterocycles. The molecular weight excluding hydrogens is 364 g/mol. The van der Waals surface area contributed by atoms with Crippen molar-refractivity contribution in [2.75, 3.05) is 13.2 Å². The SMILES string of the molecule is CCc1ccc([C@@H](C)NC(=O)COC(=O)COc2ccccc2[N+](=O)[O-])cc1. The Bertz CT molecular complexity index is 835. The van der Waals surface area contributed by atoms with Crippen LogP contribution in [0.1, 0.15) is 31.0 Å². The van der Waals surface area contributed by atoms with Crippen LogP contribution < -0.4 is 10.1 Å². The number of para-hydroxylation sites is 2. The number of carbonyl (C=O) groups excluding carboxylic acids is 2. The molecule has 0 aliphatic rings. The van der Waals surface area contributed by atoms with E-state index in [4.69, 9.17) is 9.47 Å². The maximum absolute atomic E-state index is 12.0. The van der Waals surface area contributed by atoms with Crippen LogP contribution in [0.3, 0.4) is 0 Å². The zero-order chi connectivity index (χ0) is 20.5. The van der Waals surface area contributed by atoms with Crippen LogP contribution in [0.25, 0.3) is 0 Å². The summed E-state index contributed by atoms with van der Waals surface area (Å²) < 4.78 is 9.97. The minimum atomic E-state index is -0.798. The molecule has 0 aliphatic carbocycles. The number of hydrogen-bond donors (Lipinski definition) is 1. The Labute approximate surface area is 162 Å². The summed E-state index contributed by atoms with van der Waals surface area (Å²) in [6.07, 6.45) is 0.936. The lowest BCUT2D eigenvalue weighted by molar-refractivity contribution is -0.385. The minimum absolute atomic E-state index is 0.0435. The van der Waals surface area contributed by atoms with E-state index in [1.54, 1.807) is 6.07 Å². The monoisotopic (exact) mass is 386 g/mol. The van der Waals surface area contributed by atoms with Gasteiger partial charge in [0, 0.05) is 6.07 Å². The zero-order valence-corrected chi connectivity index (χ0v) is 15.7. The highest BCUT2D eigenvalue weighted by Crippen LogP contribution is 2.25. The molecule has 2 aromatic carbocycles. The number of ether oxygens (including phenoxy) is 2. The average molecular weight is 386 g/mol. The fourth-order valence-electron chi connectivity index (χ4n) is 2.46. The van der Waals surface area contributed by atoms with Crippen molar-refractivity contribution in [2.45, 2.75) is 26.3 Å². The predicted molar refractivity (Wildman–Crippen MR) is 102 cm³/mol. The van der Waals surface area contributed by atoms with E-state index in [9.17, 15) is 19.7 Å². The molecule has 8 heteroatoms. The van der Waals surface area contributed by atoms with E-state index in [-0.39, 0.29) is 17.5 Å². The number of esters is 1. The first-order valence-electron chi connectivity index (χ1n) is 8.80. The van der Waals surface area contributed by atoms with Crippen molar-refractivity contribution in [3.8, 4) is 5.75 Å². The summed E-state index contributed by atoms with van der Waals surface area (Å²) >= 11 is 0. The van der Waals surface area contributed by atoms with Gasteiger partial charge in [0.1, 0.15) is 0 Å². The second kappa shape index (κ2) is 10.1. The molecule has 0 saturated heterocycles. The first kappa shape index (κ1) is 20.9. The van der Waals surface area contributed by atoms with Gasteiger partial charge in [-0.1, -0.05) is 43.3 Å². The molecule has 2 aromatic rings. The molecule has 0 bridgehead atoms. The first-order valence-corrected chi connectivity index (χ1v) is 8.80. The van der Waals surface area contributed by atoms with Crippen LogP contribution in [0.2, 0.25) is 0 Å². The van der Waals surface area contributed by atoms with Crippen LogP contribution in [-0.4, -0.2) is 30.0 Å². The largest absolute Gasteiger partial charge is 0.475 e. The van der Waals surface area contributed by atoms with Gasteiger partial charge in [-0.2, -0.15) is 0 Å². The molecule has 1 N–H and O–H groups in total. The molecule has 0 aromatic heterocycles. The number of amides is 1. The molecule has 0 spiro atoms. The minimum Gasteiger partial charge on any atom is -0.475 e. The lowest BCUT2D eigenvalue weighted by Crippen LogP contribution is -2.32. The third-order valence-corrected chi connectivity index (χ3v) is 4.04. The Morgan fingerprint density at radius 2 is 1.79 bits per heavy atom. The summed E-state index contributed by atoms with van der Waals surface area (Å²) in [6.45, 7) is 2.90. The van der Waals surface area contributed by atoms with E-state index in [1.165, 1.54) is 23.8 Å². The molecule has 0 fully saturated rings. The van der Waals surface area contributed by atoms with Gasteiger partial charge in [0.25, 0.3) is 5.91 Å². The highest BCUT2D eigenvalue weighted by atomic mass is 16.6. The van der Waals surface area contributed by atoms with Crippen LogP contribution >= 0.6 is 0 Å². The summed E-state index contributed by atoms with van der Waals surface area (Å²) in [7, 11) is 0. The number of benzene rings is 2. The van der Waals surface area contributed by atoms with E-state index < -0.39 is 30.0 Å². The van der Waals surface area contributed by atoms with Gasteiger partial charge in [-0.15, -0.1) is 0 Å². The molecule has 148 valence electrons. The Kier molecular flexibility index (Phi) is 7.50. The van der Waals surface area contributed by atoms with E-state index in [0.29, 0.717) is 0 Å². The highest BCUT2D eigenvalue weighted by Gasteiger charge is 2.16. The van der Waals surface area contributed by atoms with Crippen LogP contribution in [0.4, 0.5) is 5.69 Å². The molecule has 8 nitrogen and oxygen atoms in total. The lowest BCUT2D eigenvalue weighted by Gasteiger charge is -2.15. The number of nitrogens with zero attached hydrogens (tertiary/aromatic N) is 1. The van der Waals surface area contributed by atoms with Gasteiger partial charge < -0.3 is 14.8 Å². The number of nitro groups is 1. The number of aryl methyl sites for hydroxylation is 1. The normalized spacial score (nSPS) is 11.4. The number of nitrogens with one attached hydrogen (secondary N) is 1. The standard InChI is InChI=1S/C20H22N2O6/c1-3-15-8-10-16(11-9-15)14(2)21-19(23)12-28-20(24)13-27-18-7-5-4-6-17(18)22(25)26/h4-11,14H,3,12-13H2,1-2H3,(H,21,23)/t14-/m1/s1. The maximum atomic E-state index is 12.0. The third kappa shape index (κ3) is 6.08. The van der Waals surface area contributed by atoms with Crippen molar-refractivity contribution < 1.29 is 24.0 Å². The van der Waals surface area contributed by atoms with Gasteiger partial charge in [0.2, 0.25) is 0 Å². The van der Waals surface area contributed by atoms with Gasteiger partial charge in [-0.3, -0.25) is 14.9 Å². The van der Waals surface area contributed by atoms with Gasteiger partial charge in [0.15, 0.2) is 19.0 Å². The van der Waals surface area contributed by atoms with E-state index >= 15 is 0 Å². The van der Waals surface area contributed by atoms with E-state index in [2.05, 4.69) is 12.2 Å². The third-order valence-electron chi connectivity index (χ3n) is 4.04. The quantitative estimate of drug-likeness (QED) is 0.403. The molecule has 0 unspecified atom stereocenters. The molecule has 0 saturated carbocycles. The lowest BCUT2D eigenvalue weighted by atomic mass is 10.1. The summed E-state index contributed by atoms with van der Waals surface area (Å²) in [5.74, 6) is -1.29. The van der Waals surface area contributed by atoms with E-state index in [0.717, 1.165) is 12.0 Å². The highest BCUT2D eigenvalue weighted by molar-refractivity contribution is 5.81. The zero-order valence-electron chi connectivity index (χ0n) is 15.7. The van der Waals surface area contributed by atoms with Crippen LogP contribution in [0, 0.1) is 10.1 Å². The smallest absolute Gasteiger partial charge is 0.344 e. The molecular formula is C20H22N2O6. The molecule has 2 rings (SSSR count). The second-order valence-electron chi connectivity index (χ2n) is 6.06. The number of hydrogen-bond acceptors (Lipinski definition) is 6. The molecule has 1 amide bonds. The Balaban J connectivity index is 1.77. The fraction of sp³-hybridized carbons (Fsp3) is 0.300. The van der Waals surface area contributed by atoms with Crippen molar-refractivity contribution in [2.24, 2.45) is 0 Å². The van der Waals surface area contributed by atoms with Crippen molar-refractivity contribution in [3.63, 3.8) is 0 Å². The van der Waals surface area contributed by atoms with Gasteiger partial charge in [-0.25, -0.2) is 4.79 Å². The number of carbonyl (C=O) groups is 2. The first-order chi connectivity index (χ1) is 13.4. The fourth-order valence-corrected chi connectivity index (χ4v) is 2.46. The summed E-state index contributed by atoms with van der Waals surface area (Å²) in [6, 6.07) is 13.3. The van der Waals surface area contributed by atoms with Crippen molar-refractivity contribution in [1.82, 2.24) is 5.32 Å².